The van der Waals surface area contributed by atoms with Crippen LogP contribution in [0.3, 0.4) is 0 Å². The maximum absolute atomic E-state index is 14.3. The Labute approximate surface area is 168 Å². The van der Waals surface area contributed by atoms with Crippen LogP contribution in [-0.2, 0) is 11.2 Å². The molecule has 0 bridgehead atoms. The Hall–Kier alpha value is -3.95. The van der Waals surface area contributed by atoms with Crippen LogP contribution in [-0.4, -0.2) is 37.4 Å². The number of aromatic amines is 1. The highest BCUT2D eigenvalue weighted by Crippen LogP contribution is 2.21. The number of fused-ring (bicyclic) bond motifs is 1. The van der Waals surface area contributed by atoms with E-state index >= 15 is 0 Å². The Bertz CT molecular complexity index is 1350. The standard InChI is InChI=1S/C20H15F2N5O3/c1-10-5-14(22)11(6-13(10)21)7-15-18-23-3-4-27(18)9-16(25-15)17-24-8-12(19(28)26-17)20(29)30-2/h3-6,8-9H,7H2,1-2H3,(H,24,26,28). The molecule has 3 heterocycles. The van der Waals surface area contributed by atoms with Gasteiger partial charge in [-0.25, -0.2) is 28.5 Å². The van der Waals surface area contributed by atoms with Gasteiger partial charge >= 0.3 is 5.97 Å². The van der Waals surface area contributed by atoms with Crippen LogP contribution in [0.1, 0.15) is 27.2 Å². The summed E-state index contributed by atoms with van der Waals surface area (Å²) in [5.41, 5.74) is 0.463. The number of nitrogens with zero attached hydrogens (tertiary/aromatic N) is 4. The number of methoxy groups -OCH3 is 1. The van der Waals surface area contributed by atoms with E-state index in [1.165, 1.54) is 13.1 Å². The van der Waals surface area contributed by atoms with Crippen LogP contribution >= 0.6 is 0 Å². The van der Waals surface area contributed by atoms with Gasteiger partial charge in [-0.15, -0.1) is 0 Å². The highest BCUT2D eigenvalue weighted by atomic mass is 19.1. The lowest BCUT2D eigenvalue weighted by molar-refractivity contribution is 0.0598. The van der Waals surface area contributed by atoms with Gasteiger partial charge in [0.2, 0.25) is 0 Å². The lowest BCUT2D eigenvalue weighted by atomic mass is 10.1. The van der Waals surface area contributed by atoms with Crippen LogP contribution in [0.5, 0.6) is 0 Å². The quantitative estimate of drug-likeness (QED) is 0.518. The predicted octanol–water partition coefficient (Wildman–Crippen LogP) is 2.44. The van der Waals surface area contributed by atoms with E-state index in [0.29, 0.717) is 11.3 Å². The van der Waals surface area contributed by atoms with E-state index in [1.807, 2.05) is 0 Å². The number of carbonyl (C=O) groups excluding carboxylic acids is 1. The third kappa shape index (κ3) is 3.43. The molecule has 1 aromatic carbocycles. The fraction of sp³-hybridized carbons (Fsp3) is 0.150. The van der Waals surface area contributed by atoms with Crippen molar-refractivity contribution in [3.8, 4) is 11.5 Å². The Balaban J connectivity index is 1.81. The Morgan fingerprint density at radius 1 is 1.23 bits per heavy atom. The smallest absolute Gasteiger partial charge is 0.345 e. The number of halogens is 2. The lowest BCUT2D eigenvalue weighted by Gasteiger charge is -2.09. The number of carbonyl (C=O) groups is 1. The number of hydrogen-bond donors (Lipinski definition) is 1. The number of rotatable bonds is 4. The van der Waals surface area contributed by atoms with E-state index in [4.69, 9.17) is 0 Å². The molecule has 30 heavy (non-hydrogen) atoms. The summed E-state index contributed by atoms with van der Waals surface area (Å²) in [6.07, 6.45) is 5.83. The van der Waals surface area contributed by atoms with Crippen LogP contribution in [0.15, 0.2) is 41.7 Å². The lowest BCUT2D eigenvalue weighted by Crippen LogP contribution is -2.20. The van der Waals surface area contributed by atoms with Crippen molar-refractivity contribution in [2.75, 3.05) is 7.11 Å². The van der Waals surface area contributed by atoms with Crippen molar-refractivity contribution in [1.82, 2.24) is 24.3 Å². The molecule has 152 valence electrons. The Kier molecular flexibility index (Phi) is 4.82. The van der Waals surface area contributed by atoms with Crippen molar-refractivity contribution in [3.05, 3.63) is 81.3 Å². The minimum atomic E-state index is -0.814. The molecule has 3 aromatic heterocycles. The zero-order valence-corrected chi connectivity index (χ0v) is 15.9. The first-order valence-electron chi connectivity index (χ1n) is 8.82. The number of esters is 1. The number of ether oxygens (including phenoxy) is 1. The summed E-state index contributed by atoms with van der Waals surface area (Å²) in [5.74, 6) is -1.79. The molecule has 0 aliphatic heterocycles. The van der Waals surface area contributed by atoms with Crippen molar-refractivity contribution in [1.29, 1.82) is 0 Å². The number of imidazole rings is 1. The number of aromatic nitrogens is 5. The molecule has 0 aliphatic rings. The minimum absolute atomic E-state index is 0.0259. The van der Waals surface area contributed by atoms with E-state index in [2.05, 4.69) is 24.7 Å². The van der Waals surface area contributed by atoms with E-state index in [1.54, 1.807) is 16.8 Å². The molecule has 0 unspecified atom stereocenters. The maximum Gasteiger partial charge on any atom is 0.345 e. The molecule has 4 aromatic rings. The molecule has 0 atom stereocenters. The fourth-order valence-corrected chi connectivity index (χ4v) is 3.01. The van der Waals surface area contributed by atoms with Crippen LogP contribution in [0, 0.1) is 18.6 Å². The highest BCUT2D eigenvalue weighted by molar-refractivity contribution is 5.88. The van der Waals surface area contributed by atoms with Crippen LogP contribution in [0.2, 0.25) is 0 Å². The summed E-state index contributed by atoms with van der Waals surface area (Å²) in [6, 6.07) is 2.26. The first-order valence-corrected chi connectivity index (χ1v) is 8.82. The summed E-state index contributed by atoms with van der Waals surface area (Å²) in [6.45, 7) is 1.48. The van der Waals surface area contributed by atoms with Gasteiger partial charge in [0.25, 0.3) is 5.56 Å². The second-order valence-corrected chi connectivity index (χ2v) is 6.57. The summed E-state index contributed by atoms with van der Waals surface area (Å²) in [5, 5.41) is 0. The van der Waals surface area contributed by atoms with Crippen LogP contribution in [0.25, 0.3) is 17.2 Å². The molecular formula is C20H15F2N5O3. The van der Waals surface area contributed by atoms with Gasteiger partial charge in [-0.3, -0.25) is 4.79 Å². The molecule has 8 nitrogen and oxygen atoms in total. The number of aryl methyl sites for hydroxylation is 1. The average Bonchev–Trinajstić information content (AvgIpc) is 3.20. The third-order valence-corrected chi connectivity index (χ3v) is 4.58. The summed E-state index contributed by atoms with van der Waals surface area (Å²) in [4.78, 5) is 39.0. The molecule has 4 rings (SSSR count). The molecule has 0 aliphatic carbocycles. The van der Waals surface area contributed by atoms with Gasteiger partial charge in [-0.1, -0.05) is 0 Å². The molecule has 0 saturated carbocycles. The molecular weight excluding hydrogens is 396 g/mol. The number of benzene rings is 1. The maximum atomic E-state index is 14.3. The zero-order valence-electron chi connectivity index (χ0n) is 15.9. The highest BCUT2D eigenvalue weighted by Gasteiger charge is 2.17. The van der Waals surface area contributed by atoms with Gasteiger partial charge in [-0.05, 0) is 30.2 Å². The van der Waals surface area contributed by atoms with Crippen molar-refractivity contribution >= 4 is 11.6 Å². The van der Waals surface area contributed by atoms with Gasteiger partial charge in [-0.2, -0.15) is 0 Å². The topological polar surface area (TPSA) is 102 Å². The molecule has 0 saturated heterocycles. The molecule has 10 heteroatoms. The third-order valence-electron chi connectivity index (χ3n) is 4.58. The van der Waals surface area contributed by atoms with E-state index in [-0.39, 0.29) is 34.6 Å². The molecule has 0 fully saturated rings. The largest absolute Gasteiger partial charge is 0.465 e. The summed E-state index contributed by atoms with van der Waals surface area (Å²) >= 11 is 0. The van der Waals surface area contributed by atoms with Gasteiger partial charge < -0.3 is 14.1 Å². The Morgan fingerprint density at radius 2 is 2.03 bits per heavy atom. The number of nitrogens with one attached hydrogen (secondary N) is 1. The van der Waals surface area contributed by atoms with E-state index in [9.17, 15) is 18.4 Å². The summed E-state index contributed by atoms with van der Waals surface area (Å²) in [7, 11) is 1.16. The van der Waals surface area contributed by atoms with E-state index < -0.39 is 23.2 Å². The number of hydrogen-bond acceptors (Lipinski definition) is 6. The first-order chi connectivity index (χ1) is 14.4. The van der Waals surface area contributed by atoms with Crippen molar-refractivity contribution < 1.29 is 18.3 Å². The first kappa shape index (κ1) is 19.4. The monoisotopic (exact) mass is 411 g/mol. The van der Waals surface area contributed by atoms with Gasteiger partial charge in [0.1, 0.15) is 22.9 Å². The second-order valence-electron chi connectivity index (χ2n) is 6.57. The normalized spacial score (nSPS) is 11.1. The SMILES string of the molecule is COC(=O)c1cnc(-c2cn3ccnc3c(Cc3cc(F)c(C)cc3F)n2)[nH]c1=O. The molecule has 0 amide bonds. The summed E-state index contributed by atoms with van der Waals surface area (Å²) < 4.78 is 34.5. The zero-order chi connectivity index (χ0) is 21.4. The van der Waals surface area contributed by atoms with Gasteiger partial charge in [0.05, 0.1) is 12.8 Å². The predicted molar refractivity (Wildman–Crippen MR) is 102 cm³/mol. The molecule has 0 spiro atoms. The van der Waals surface area contributed by atoms with Crippen molar-refractivity contribution in [2.24, 2.45) is 0 Å². The van der Waals surface area contributed by atoms with Crippen LogP contribution in [0.4, 0.5) is 8.78 Å². The average molecular weight is 411 g/mol. The Morgan fingerprint density at radius 3 is 2.77 bits per heavy atom. The van der Waals surface area contributed by atoms with Crippen molar-refractivity contribution in [3.63, 3.8) is 0 Å². The van der Waals surface area contributed by atoms with Gasteiger partial charge in [0.15, 0.2) is 11.5 Å². The van der Waals surface area contributed by atoms with Crippen LogP contribution < -0.4 is 5.56 Å². The van der Waals surface area contributed by atoms with E-state index in [0.717, 1.165) is 25.4 Å². The minimum Gasteiger partial charge on any atom is -0.465 e. The van der Waals surface area contributed by atoms with Gasteiger partial charge in [0, 0.05) is 31.2 Å². The molecule has 1 N–H and O–H groups in total. The molecule has 0 radical (unpaired) electrons. The number of H-pyrrole nitrogens is 1. The fourth-order valence-electron chi connectivity index (χ4n) is 3.01. The second kappa shape index (κ2) is 7.47. The van der Waals surface area contributed by atoms with Crippen molar-refractivity contribution in [2.45, 2.75) is 13.3 Å².